The van der Waals surface area contributed by atoms with Crippen molar-refractivity contribution in [3.63, 3.8) is 0 Å². The molecule has 1 atom stereocenters. The van der Waals surface area contributed by atoms with Crippen LogP contribution >= 0.6 is 0 Å². The zero-order chi connectivity index (χ0) is 18.1. The number of aryl methyl sites for hydroxylation is 1. The lowest BCUT2D eigenvalue weighted by Crippen LogP contribution is -2.45. The number of aromatic nitrogens is 1. The van der Waals surface area contributed by atoms with Crippen LogP contribution in [0.5, 0.6) is 0 Å². The number of nitrogens with zero attached hydrogens (tertiary/aromatic N) is 2. The van der Waals surface area contributed by atoms with E-state index in [0.29, 0.717) is 6.04 Å². The minimum atomic E-state index is 0.419. The molecule has 1 aromatic heterocycles. The maximum absolute atomic E-state index is 4.20. The van der Waals surface area contributed by atoms with E-state index in [1.165, 1.54) is 32.9 Å². The van der Waals surface area contributed by atoms with Crippen molar-refractivity contribution in [3.8, 4) is 0 Å². The van der Waals surface area contributed by atoms with E-state index in [-0.39, 0.29) is 0 Å². The van der Waals surface area contributed by atoms with E-state index in [0.717, 1.165) is 39.1 Å². The normalized spacial score (nSPS) is 17.0. The third kappa shape index (κ3) is 3.06. The number of para-hydroxylation sites is 1. The Balaban J connectivity index is 1.84. The second-order valence-corrected chi connectivity index (χ2v) is 7.50. The molecule has 0 spiro atoms. The SMILES string of the molecule is C=C(C)C[C@H](c1ccc2c(c1)c1ccccc1n2CC)N1CCNCC1. The molecular weight excluding hydrogens is 318 g/mol. The Morgan fingerprint density at radius 2 is 1.81 bits per heavy atom. The molecule has 1 N–H and O–H groups in total. The highest BCUT2D eigenvalue weighted by molar-refractivity contribution is 6.08. The van der Waals surface area contributed by atoms with Crippen molar-refractivity contribution in [2.45, 2.75) is 32.9 Å². The van der Waals surface area contributed by atoms with Crippen molar-refractivity contribution < 1.29 is 0 Å². The van der Waals surface area contributed by atoms with E-state index in [1.54, 1.807) is 0 Å². The van der Waals surface area contributed by atoms with E-state index in [9.17, 15) is 0 Å². The van der Waals surface area contributed by atoms with Crippen molar-refractivity contribution in [3.05, 3.63) is 60.2 Å². The van der Waals surface area contributed by atoms with Gasteiger partial charge in [-0.25, -0.2) is 0 Å². The van der Waals surface area contributed by atoms with Crippen LogP contribution in [0.4, 0.5) is 0 Å². The highest BCUT2D eigenvalue weighted by atomic mass is 15.2. The molecule has 1 aliphatic rings. The lowest BCUT2D eigenvalue weighted by atomic mass is 9.96. The molecule has 26 heavy (non-hydrogen) atoms. The predicted octanol–water partition coefficient (Wildman–Crippen LogP) is 4.73. The lowest BCUT2D eigenvalue weighted by molar-refractivity contribution is 0.172. The Bertz CT molecular complexity index is 931. The molecule has 2 aromatic carbocycles. The van der Waals surface area contributed by atoms with Crippen LogP contribution in [-0.2, 0) is 6.54 Å². The van der Waals surface area contributed by atoms with Crippen molar-refractivity contribution in [2.24, 2.45) is 0 Å². The van der Waals surface area contributed by atoms with E-state index >= 15 is 0 Å². The number of nitrogens with one attached hydrogen (secondary N) is 1. The standard InChI is InChI=1S/C23H29N3/c1-4-26-21-8-6-5-7-19(21)20-16-18(9-10-22(20)26)23(15-17(2)3)25-13-11-24-12-14-25/h5-10,16,23-24H,2,4,11-15H2,1,3H3/t23-/m1/s1. The summed E-state index contributed by atoms with van der Waals surface area (Å²) in [6.45, 7) is 13.9. The van der Waals surface area contributed by atoms with E-state index in [4.69, 9.17) is 0 Å². The minimum absolute atomic E-state index is 0.419. The van der Waals surface area contributed by atoms with E-state index in [1.807, 2.05) is 0 Å². The number of hydrogen-bond donors (Lipinski definition) is 1. The molecule has 3 aromatic rings. The van der Waals surface area contributed by atoms with Gasteiger partial charge in [0, 0.05) is 60.6 Å². The van der Waals surface area contributed by atoms with Crippen molar-refractivity contribution in [2.75, 3.05) is 26.2 Å². The predicted molar refractivity (Wildman–Crippen MR) is 112 cm³/mol. The van der Waals surface area contributed by atoms with Gasteiger partial charge in [0.05, 0.1) is 0 Å². The Morgan fingerprint density at radius 1 is 1.08 bits per heavy atom. The van der Waals surface area contributed by atoms with Gasteiger partial charge in [-0.2, -0.15) is 0 Å². The first-order valence-electron chi connectivity index (χ1n) is 9.79. The molecule has 3 heteroatoms. The fraction of sp³-hybridized carbons (Fsp3) is 0.391. The molecule has 3 nitrogen and oxygen atoms in total. The number of hydrogen-bond acceptors (Lipinski definition) is 2. The summed E-state index contributed by atoms with van der Waals surface area (Å²) in [6, 6.07) is 16.3. The molecule has 1 aliphatic heterocycles. The van der Waals surface area contributed by atoms with Crippen LogP contribution in [0.25, 0.3) is 21.8 Å². The van der Waals surface area contributed by atoms with Crippen LogP contribution in [0, 0.1) is 0 Å². The van der Waals surface area contributed by atoms with Gasteiger partial charge in [-0.05, 0) is 44.0 Å². The van der Waals surface area contributed by atoms with Gasteiger partial charge in [0.2, 0.25) is 0 Å². The monoisotopic (exact) mass is 347 g/mol. The zero-order valence-corrected chi connectivity index (χ0v) is 16.0. The fourth-order valence-corrected chi connectivity index (χ4v) is 4.40. The average Bonchev–Trinajstić information content (AvgIpc) is 2.99. The first-order chi connectivity index (χ1) is 12.7. The van der Waals surface area contributed by atoms with Crippen molar-refractivity contribution in [1.29, 1.82) is 0 Å². The van der Waals surface area contributed by atoms with Gasteiger partial charge in [0.1, 0.15) is 0 Å². The van der Waals surface area contributed by atoms with Gasteiger partial charge < -0.3 is 9.88 Å². The number of fused-ring (bicyclic) bond motifs is 3. The molecule has 0 radical (unpaired) electrons. The van der Waals surface area contributed by atoms with Gasteiger partial charge >= 0.3 is 0 Å². The fourth-order valence-electron chi connectivity index (χ4n) is 4.40. The second-order valence-electron chi connectivity index (χ2n) is 7.50. The summed E-state index contributed by atoms with van der Waals surface area (Å²) in [7, 11) is 0. The first kappa shape index (κ1) is 17.3. The molecule has 4 rings (SSSR count). The molecule has 1 saturated heterocycles. The number of rotatable bonds is 5. The highest BCUT2D eigenvalue weighted by Gasteiger charge is 2.23. The average molecular weight is 348 g/mol. The number of piperazine rings is 1. The third-order valence-corrected chi connectivity index (χ3v) is 5.63. The van der Waals surface area contributed by atoms with Gasteiger partial charge in [-0.1, -0.05) is 29.8 Å². The molecular formula is C23H29N3. The van der Waals surface area contributed by atoms with E-state index < -0.39 is 0 Å². The smallest absolute Gasteiger partial charge is 0.0491 e. The summed E-state index contributed by atoms with van der Waals surface area (Å²) in [4.78, 5) is 2.62. The summed E-state index contributed by atoms with van der Waals surface area (Å²) < 4.78 is 2.42. The highest BCUT2D eigenvalue weighted by Crippen LogP contribution is 2.34. The molecule has 2 heterocycles. The zero-order valence-electron chi connectivity index (χ0n) is 16.0. The molecule has 0 unspecified atom stereocenters. The summed E-state index contributed by atoms with van der Waals surface area (Å²) in [5.41, 5.74) is 5.35. The summed E-state index contributed by atoms with van der Waals surface area (Å²) >= 11 is 0. The molecule has 0 saturated carbocycles. The van der Waals surface area contributed by atoms with Crippen LogP contribution in [0.1, 0.15) is 31.9 Å². The number of benzene rings is 2. The molecule has 1 fully saturated rings. The van der Waals surface area contributed by atoms with Gasteiger partial charge in [0.25, 0.3) is 0 Å². The maximum Gasteiger partial charge on any atom is 0.0491 e. The molecule has 0 aliphatic carbocycles. The third-order valence-electron chi connectivity index (χ3n) is 5.63. The van der Waals surface area contributed by atoms with Crippen LogP contribution < -0.4 is 5.32 Å². The van der Waals surface area contributed by atoms with Crippen molar-refractivity contribution >= 4 is 21.8 Å². The summed E-state index contributed by atoms with van der Waals surface area (Å²) in [5.74, 6) is 0. The van der Waals surface area contributed by atoms with Crippen LogP contribution in [0.3, 0.4) is 0 Å². The van der Waals surface area contributed by atoms with Gasteiger partial charge in [-0.15, -0.1) is 6.58 Å². The second kappa shape index (κ2) is 7.26. The first-order valence-corrected chi connectivity index (χ1v) is 9.79. The lowest BCUT2D eigenvalue weighted by Gasteiger charge is -2.35. The van der Waals surface area contributed by atoms with Gasteiger partial charge in [-0.3, -0.25) is 4.90 Å². The topological polar surface area (TPSA) is 20.2 Å². The molecule has 0 amide bonds. The van der Waals surface area contributed by atoms with Crippen molar-refractivity contribution in [1.82, 2.24) is 14.8 Å². The Kier molecular flexibility index (Phi) is 4.84. The Morgan fingerprint density at radius 3 is 2.54 bits per heavy atom. The Hall–Kier alpha value is -2.10. The minimum Gasteiger partial charge on any atom is -0.341 e. The summed E-state index contributed by atoms with van der Waals surface area (Å²) in [6.07, 6.45) is 1.03. The van der Waals surface area contributed by atoms with Crippen LogP contribution in [0.15, 0.2) is 54.6 Å². The van der Waals surface area contributed by atoms with Crippen LogP contribution in [0.2, 0.25) is 0 Å². The Labute approximate surface area is 156 Å². The maximum atomic E-state index is 4.20. The quantitative estimate of drug-likeness (QED) is 0.674. The molecule has 136 valence electrons. The van der Waals surface area contributed by atoms with Gasteiger partial charge in [0.15, 0.2) is 0 Å². The largest absolute Gasteiger partial charge is 0.341 e. The van der Waals surface area contributed by atoms with E-state index in [2.05, 4.69) is 77.7 Å². The molecule has 0 bridgehead atoms. The van der Waals surface area contributed by atoms with Crippen LogP contribution in [-0.4, -0.2) is 35.6 Å². The summed E-state index contributed by atoms with van der Waals surface area (Å²) in [5, 5.41) is 6.21.